The third-order valence-corrected chi connectivity index (χ3v) is 2.99. The highest BCUT2D eigenvalue weighted by Crippen LogP contribution is 2.29. The molecular weight excluding hydrogens is 328 g/mol. The zero-order valence-electron chi connectivity index (χ0n) is 10.8. The van der Waals surface area contributed by atoms with Crippen LogP contribution in [-0.2, 0) is 0 Å². The molecule has 0 aliphatic heterocycles. The van der Waals surface area contributed by atoms with E-state index < -0.39 is 0 Å². The van der Waals surface area contributed by atoms with Gasteiger partial charge in [-0.15, -0.1) is 0 Å². The molecule has 1 aromatic carbocycles. The van der Waals surface area contributed by atoms with Crippen molar-refractivity contribution in [2.75, 3.05) is 25.0 Å². The quantitative estimate of drug-likeness (QED) is 0.557. The zero-order chi connectivity index (χ0) is 14.5. The van der Waals surface area contributed by atoms with Crippen LogP contribution >= 0.6 is 15.9 Å². The summed E-state index contributed by atoms with van der Waals surface area (Å²) in [5.74, 6) is 6.47. The summed E-state index contributed by atoms with van der Waals surface area (Å²) in [7, 11) is 3.05. The summed E-state index contributed by atoms with van der Waals surface area (Å²) < 4.78 is 11.0. The number of nitrogens with one attached hydrogen (secondary N) is 2. The third kappa shape index (κ3) is 3.25. The van der Waals surface area contributed by atoms with Crippen molar-refractivity contribution in [1.82, 2.24) is 15.0 Å². The van der Waals surface area contributed by atoms with Crippen LogP contribution in [0.25, 0.3) is 0 Å². The van der Waals surface area contributed by atoms with Crippen LogP contribution in [0.1, 0.15) is 0 Å². The SMILES string of the molecule is COc1nc(NN)nc(Nc2ccc(Br)c(OC)c2)n1. The molecule has 0 bridgehead atoms. The average molecular weight is 341 g/mol. The van der Waals surface area contributed by atoms with Gasteiger partial charge in [-0.25, -0.2) is 5.84 Å². The first-order valence-corrected chi connectivity index (χ1v) is 6.33. The van der Waals surface area contributed by atoms with Crippen LogP contribution in [0.2, 0.25) is 0 Å². The summed E-state index contributed by atoms with van der Waals surface area (Å²) in [5, 5.41) is 3.02. The molecule has 1 heterocycles. The number of aromatic nitrogens is 3. The summed E-state index contributed by atoms with van der Waals surface area (Å²) in [6.07, 6.45) is 0. The van der Waals surface area contributed by atoms with Gasteiger partial charge in [-0.05, 0) is 28.1 Å². The predicted molar refractivity (Wildman–Crippen MR) is 78.2 cm³/mol. The number of ether oxygens (including phenoxy) is 2. The Morgan fingerprint density at radius 1 is 1.10 bits per heavy atom. The standard InChI is InChI=1S/C11H13BrN6O2/c1-19-8-5-6(3-4-7(8)12)14-9-15-10(18-13)17-11(16-9)20-2/h3-5H,13H2,1-2H3,(H2,14,15,16,17,18). The highest BCUT2D eigenvalue weighted by atomic mass is 79.9. The van der Waals surface area contributed by atoms with E-state index in [4.69, 9.17) is 15.3 Å². The zero-order valence-corrected chi connectivity index (χ0v) is 12.4. The molecular formula is C11H13BrN6O2. The molecule has 0 aliphatic rings. The molecule has 9 heteroatoms. The molecule has 8 nitrogen and oxygen atoms in total. The number of hydrogen-bond acceptors (Lipinski definition) is 8. The Hall–Kier alpha value is -2.13. The minimum atomic E-state index is 0.152. The van der Waals surface area contributed by atoms with Gasteiger partial charge in [0.15, 0.2) is 0 Å². The number of nitrogen functional groups attached to an aromatic ring is 1. The number of anilines is 3. The van der Waals surface area contributed by atoms with Crippen molar-refractivity contribution in [2.45, 2.75) is 0 Å². The van der Waals surface area contributed by atoms with E-state index in [1.165, 1.54) is 7.11 Å². The maximum atomic E-state index is 5.29. The van der Waals surface area contributed by atoms with E-state index in [9.17, 15) is 0 Å². The molecule has 2 rings (SSSR count). The third-order valence-electron chi connectivity index (χ3n) is 2.33. The predicted octanol–water partition coefficient (Wildman–Crippen LogP) is 1.68. The van der Waals surface area contributed by atoms with Crippen LogP contribution in [0, 0.1) is 0 Å². The lowest BCUT2D eigenvalue weighted by Crippen LogP contribution is -2.13. The smallest absolute Gasteiger partial charge is 0.322 e. The van der Waals surface area contributed by atoms with Crippen LogP contribution in [0.3, 0.4) is 0 Å². The Balaban J connectivity index is 2.29. The van der Waals surface area contributed by atoms with E-state index in [1.807, 2.05) is 12.1 Å². The number of nitrogens with two attached hydrogens (primary N) is 1. The summed E-state index contributed by atoms with van der Waals surface area (Å²) >= 11 is 3.38. The molecule has 1 aromatic heterocycles. The van der Waals surface area contributed by atoms with Gasteiger partial charge in [-0.2, -0.15) is 15.0 Å². The number of methoxy groups -OCH3 is 2. The van der Waals surface area contributed by atoms with Crippen LogP contribution in [-0.4, -0.2) is 29.2 Å². The first-order chi connectivity index (χ1) is 9.66. The van der Waals surface area contributed by atoms with E-state index >= 15 is 0 Å². The lowest BCUT2D eigenvalue weighted by atomic mass is 10.3. The fourth-order valence-electron chi connectivity index (χ4n) is 1.43. The van der Waals surface area contributed by atoms with Crippen molar-refractivity contribution in [3.63, 3.8) is 0 Å². The summed E-state index contributed by atoms with van der Waals surface area (Å²) in [4.78, 5) is 12.0. The van der Waals surface area contributed by atoms with Gasteiger partial charge in [0, 0.05) is 11.8 Å². The first kappa shape index (κ1) is 14.3. The van der Waals surface area contributed by atoms with Crippen molar-refractivity contribution in [3.05, 3.63) is 22.7 Å². The second kappa shape index (κ2) is 6.35. The molecule has 4 N–H and O–H groups in total. The largest absolute Gasteiger partial charge is 0.495 e. The monoisotopic (exact) mass is 340 g/mol. The number of hydrazine groups is 1. The van der Waals surface area contributed by atoms with Crippen molar-refractivity contribution in [3.8, 4) is 11.8 Å². The van der Waals surface area contributed by atoms with Gasteiger partial charge in [0.25, 0.3) is 0 Å². The van der Waals surface area contributed by atoms with Gasteiger partial charge < -0.3 is 14.8 Å². The van der Waals surface area contributed by atoms with Crippen molar-refractivity contribution in [1.29, 1.82) is 0 Å². The molecule has 20 heavy (non-hydrogen) atoms. The number of rotatable bonds is 5. The van der Waals surface area contributed by atoms with Gasteiger partial charge in [0.05, 0.1) is 18.7 Å². The number of halogens is 1. The van der Waals surface area contributed by atoms with Crippen molar-refractivity contribution >= 4 is 33.5 Å². The minimum absolute atomic E-state index is 0.152. The lowest BCUT2D eigenvalue weighted by Gasteiger charge is -2.09. The lowest BCUT2D eigenvalue weighted by molar-refractivity contribution is 0.379. The van der Waals surface area contributed by atoms with Gasteiger partial charge >= 0.3 is 6.01 Å². The Kier molecular flexibility index (Phi) is 4.53. The molecule has 0 saturated heterocycles. The van der Waals surface area contributed by atoms with Crippen molar-refractivity contribution < 1.29 is 9.47 Å². The van der Waals surface area contributed by atoms with Crippen molar-refractivity contribution in [2.24, 2.45) is 5.84 Å². The Bertz CT molecular complexity index is 587. The fourth-order valence-corrected chi connectivity index (χ4v) is 1.84. The second-order valence-corrected chi connectivity index (χ2v) is 4.44. The number of nitrogens with zero attached hydrogens (tertiary/aromatic N) is 3. The molecule has 0 spiro atoms. The molecule has 0 radical (unpaired) electrons. The molecule has 0 aliphatic carbocycles. The van der Waals surface area contributed by atoms with E-state index in [-0.39, 0.29) is 12.0 Å². The summed E-state index contributed by atoms with van der Waals surface area (Å²) in [6, 6.07) is 5.65. The maximum absolute atomic E-state index is 5.29. The molecule has 106 valence electrons. The molecule has 2 aromatic rings. The topological polar surface area (TPSA) is 107 Å². The Morgan fingerprint density at radius 3 is 2.50 bits per heavy atom. The number of benzene rings is 1. The van der Waals surface area contributed by atoms with Crippen LogP contribution in [0.5, 0.6) is 11.8 Å². The average Bonchev–Trinajstić information content (AvgIpc) is 2.48. The summed E-state index contributed by atoms with van der Waals surface area (Å²) in [5.41, 5.74) is 3.10. The Morgan fingerprint density at radius 2 is 1.85 bits per heavy atom. The normalized spacial score (nSPS) is 10.0. The van der Waals surface area contributed by atoms with Gasteiger partial charge in [0.1, 0.15) is 5.75 Å². The molecule has 0 atom stereocenters. The highest BCUT2D eigenvalue weighted by molar-refractivity contribution is 9.10. The maximum Gasteiger partial charge on any atom is 0.322 e. The number of hydrogen-bond donors (Lipinski definition) is 3. The van der Waals surface area contributed by atoms with E-state index in [0.29, 0.717) is 11.7 Å². The summed E-state index contributed by atoms with van der Waals surface area (Å²) in [6.45, 7) is 0. The van der Waals surface area contributed by atoms with Gasteiger partial charge in [0.2, 0.25) is 11.9 Å². The van der Waals surface area contributed by atoms with E-state index in [2.05, 4.69) is 41.6 Å². The minimum Gasteiger partial charge on any atom is -0.495 e. The van der Waals surface area contributed by atoms with Crippen LogP contribution in [0.15, 0.2) is 22.7 Å². The first-order valence-electron chi connectivity index (χ1n) is 5.53. The van der Waals surface area contributed by atoms with Gasteiger partial charge in [-0.1, -0.05) is 0 Å². The highest BCUT2D eigenvalue weighted by Gasteiger charge is 2.07. The molecule has 0 unspecified atom stereocenters. The Labute approximate surface area is 123 Å². The fraction of sp³-hybridized carbons (Fsp3) is 0.182. The second-order valence-electron chi connectivity index (χ2n) is 3.59. The van der Waals surface area contributed by atoms with E-state index in [0.717, 1.165) is 10.2 Å². The molecule has 0 amide bonds. The van der Waals surface area contributed by atoms with Crippen LogP contribution < -0.4 is 26.1 Å². The van der Waals surface area contributed by atoms with Crippen LogP contribution in [0.4, 0.5) is 17.6 Å². The van der Waals surface area contributed by atoms with Gasteiger partial charge in [-0.3, -0.25) is 5.43 Å². The molecule has 0 fully saturated rings. The van der Waals surface area contributed by atoms with E-state index in [1.54, 1.807) is 13.2 Å². The molecule has 0 saturated carbocycles.